The number of hydrogen-bond donors (Lipinski definition) is 2. The maximum Gasteiger partial charge on any atom is 0.309 e. The predicted molar refractivity (Wildman–Crippen MR) is 61.3 cm³/mol. The summed E-state index contributed by atoms with van der Waals surface area (Å²) < 4.78 is 0. The molecule has 1 aromatic heterocycles. The van der Waals surface area contributed by atoms with Crippen LogP contribution < -0.4 is 0 Å². The van der Waals surface area contributed by atoms with Gasteiger partial charge in [-0.05, 0) is 24.6 Å². The molecule has 2 atom stereocenters. The Morgan fingerprint density at radius 1 is 1.59 bits per heavy atom. The van der Waals surface area contributed by atoms with E-state index >= 15 is 0 Å². The summed E-state index contributed by atoms with van der Waals surface area (Å²) in [5.41, 5.74) is 1.08. The molecule has 0 amide bonds. The zero-order chi connectivity index (χ0) is 12.3. The van der Waals surface area contributed by atoms with Crippen LogP contribution in [-0.2, 0) is 11.3 Å². The van der Waals surface area contributed by atoms with Gasteiger partial charge >= 0.3 is 5.97 Å². The van der Waals surface area contributed by atoms with E-state index in [1.807, 2.05) is 12.1 Å². The zero-order valence-corrected chi connectivity index (χ0v) is 9.49. The van der Waals surface area contributed by atoms with Crippen LogP contribution in [0.4, 0.5) is 0 Å². The molecule has 1 aliphatic heterocycles. The molecule has 0 aromatic carbocycles. The van der Waals surface area contributed by atoms with E-state index in [1.54, 1.807) is 12.4 Å². The molecule has 0 unspecified atom stereocenters. The lowest BCUT2D eigenvalue weighted by molar-refractivity contribution is -0.148. The molecule has 0 spiro atoms. The van der Waals surface area contributed by atoms with E-state index in [0.717, 1.165) is 5.56 Å². The summed E-state index contributed by atoms with van der Waals surface area (Å²) in [7, 11) is 0. The van der Waals surface area contributed by atoms with E-state index in [-0.39, 0.29) is 0 Å². The van der Waals surface area contributed by atoms with Crippen LogP contribution in [0.2, 0.25) is 0 Å². The predicted octanol–water partition coefficient (Wildman–Crippen LogP) is 0.349. The van der Waals surface area contributed by atoms with Gasteiger partial charge in [0.25, 0.3) is 0 Å². The highest BCUT2D eigenvalue weighted by Crippen LogP contribution is 2.19. The highest BCUT2D eigenvalue weighted by atomic mass is 16.4. The van der Waals surface area contributed by atoms with Gasteiger partial charge in [-0.25, -0.2) is 0 Å². The molecule has 2 heterocycles. The van der Waals surface area contributed by atoms with Crippen molar-refractivity contribution in [1.29, 1.82) is 0 Å². The second kappa shape index (κ2) is 5.25. The van der Waals surface area contributed by atoms with Crippen molar-refractivity contribution in [2.24, 2.45) is 5.92 Å². The quantitative estimate of drug-likeness (QED) is 0.792. The smallest absolute Gasteiger partial charge is 0.309 e. The minimum atomic E-state index is -0.904. The van der Waals surface area contributed by atoms with E-state index in [1.165, 1.54) is 0 Å². The molecule has 2 rings (SSSR count). The number of piperidine rings is 1. The first-order valence-electron chi connectivity index (χ1n) is 5.69. The van der Waals surface area contributed by atoms with Crippen molar-refractivity contribution in [2.75, 3.05) is 13.1 Å². The number of likely N-dealkylation sites (tertiary alicyclic amines) is 1. The number of aliphatic hydroxyl groups excluding tert-OH is 1. The van der Waals surface area contributed by atoms with Gasteiger partial charge in [0, 0.05) is 25.5 Å². The van der Waals surface area contributed by atoms with Crippen LogP contribution in [0.3, 0.4) is 0 Å². The maximum atomic E-state index is 10.8. The maximum absolute atomic E-state index is 10.8. The van der Waals surface area contributed by atoms with Crippen LogP contribution in [-0.4, -0.2) is 45.3 Å². The summed E-state index contributed by atoms with van der Waals surface area (Å²) in [6, 6.07) is 3.85. The van der Waals surface area contributed by atoms with Crippen LogP contribution in [0.15, 0.2) is 24.5 Å². The number of carbonyl (C=O) groups is 1. The summed E-state index contributed by atoms with van der Waals surface area (Å²) in [6.07, 6.45) is 3.22. The molecule has 0 radical (unpaired) electrons. The van der Waals surface area contributed by atoms with Gasteiger partial charge in [-0.3, -0.25) is 14.7 Å². The number of hydrogen-bond acceptors (Lipinski definition) is 4. The summed E-state index contributed by atoms with van der Waals surface area (Å²) in [5, 5.41) is 18.6. The number of rotatable bonds is 3. The van der Waals surface area contributed by atoms with E-state index in [0.29, 0.717) is 26.1 Å². The summed E-state index contributed by atoms with van der Waals surface area (Å²) in [4.78, 5) is 16.9. The average molecular weight is 236 g/mol. The number of β-amino-alcohol motifs (C(OH)–C–C–N with tert-alkyl or cyclic N) is 1. The molecule has 0 saturated carbocycles. The monoisotopic (exact) mass is 236 g/mol. The van der Waals surface area contributed by atoms with Crippen molar-refractivity contribution in [3.05, 3.63) is 30.1 Å². The van der Waals surface area contributed by atoms with Crippen molar-refractivity contribution in [2.45, 2.75) is 19.1 Å². The molecule has 5 heteroatoms. The second-order valence-electron chi connectivity index (χ2n) is 4.40. The third-order valence-corrected chi connectivity index (χ3v) is 3.11. The summed E-state index contributed by atoms with van der Waals surface area (Å²) in [5.74, 6) is -1.53. The fourth-order valence-corrected chi connectivity index (χ4v) is 2.18. The molecule has 0 bridgehead atoms. The molecular weight excluding hydrogens is 220 g/mol. The average Bonchev–Trinajstić information content (AvgIpc) is 2.30. The van der Waals surface area contributed by atoms with Crippen LogP contribution >= 0.6 is 0 Å². The molecule has 5 nitrogen and oxygen atoms in total. The fraction of sp³-hybridized carbons (Fsp3) is 0.500. The fourth-order valence-electron chi connectivity index (χ4n) is 2.18. The zero-order valence-electron chi connectivity index (χ0n) is 9.49. The van der Waals surface area contributed by atoms with Crippen LogP contribution in [0, 0.1) is 5.92 Å². The van der Waals surface area contributed by atoms with E-state index in [2.05, 4.69) is 9.88 Å². The first-order valence-corrected chi connectivity index (χ1v) is 5.69. The molecule has 1 aromatic rings. The van der Waals surface area contributed by atoms with Crippen LogP contribution in [0.25, 0.3) is 0 Å². The van der Waals surface area contributed by atoms with Crippen LogP contribution in [0.1, 0.15) is 12.0 Å². The first-order chi connectivity index (χ1) is 8.16. The SMILES string of the molecule is O=C(O)[C@H]1CCN(Cc2cccnc2)C[C@H]1O. The van der Waals surface area contributed by atoms with Gasteiger partial charge in [0.2, 0.25) is 0 Å². The summed E-state index contributed by atoms with van der Waals surface area (Å²) in [6.45, 7) is 1.81. The Bertz CT molecular complexity index is 383. The molecule has 0 aliphatic carbocycles. The summed E-state index contributed by atoms with van der Waals surface area (Å²) >= 11 is 0. The Kier molecular flexibility index (Phi) is 3.71. The lowest BCUT2D eigenvalue weighted by Crippen LogP contribution is -2.46. The topological polar surface area (TPSA) is 73.7 Å². The number of carboxylic acids is 1. The Morgan fingerprint density at radius 3 is 3.00 bits per heavy atom. The lowest BCUT2D eigenvalue weighted by atomic mass is 9.94. The Balaban J connectivity index is 1.92. The van der Waals surface area contributed by atoms with Gasteiger partial charge in [0.1, 0.15) is 0 Å². The lowest BCUT2D eigenvalue weighted by Gasteiger charge is -2.33. The van der Waals surface area contributed by atoms with Gasteiger partial charge in [0.05, 0.1) is 12.0 Å². The van der Waals surface area contributed by atoms with Crippen molar-refractivity contribution in [3.8, 4) is 0 Å². The van der Waals surface area contributed by atoms with Gasteiger partial charge in [-0.15, -0.1) is 0 Å². The van der Waals surface area contributed by atoms with Gasteiger partial charge in [-0.1, -0.05) is 6.07 Å². The van der Waals surface area contributed by atoms with Crippen molar-refractivity contribution in [1.82, 2.24) is 9.88 Å². The highest BCUT2D eigenvalue weighted by Gasteiger charge is 2.32. The Morgan fingerprint density at radius 2 is 2.41 bits per heavy atom. The molecule has 1 saturated heterocycles. The van der Waals surface area contributed by atoms with E-state index in [4.69, 9.17) is 5.11 Å². The minimum Gasteiger partial charge on any atom is -0.481 e. The van der Waals surface area contributed by atoms with Gasteiger partial charge in [-0.2, -0.15) is 0 Å². The number of nitrogens with zero attached hydrogens (tertiary/aromatic N) is 2. The molecule has 92 valence electrons. The van der Waals surface area contributed by atoms with Crippen LogP contribution in [0.5, 0.6) is 0 Å². The number of aromatic nitrogens is 1. The van der Waals surface area contributed by atoms with Crippen molar-refractivity contribution in [3.63, 3.8) is 0 Å². The minimum absolute atomic E-state index is 0.409. The molecule has 17 heavy (non-hydrogen) atoms. The standard InChI is InChI=1S/C12H16N2O3/c15-11-8-14(5-3-10(11)12(16)17)7-9-2-1-4-13-6-9/h1-2,4,6,10-11,15H,3,5,7-8H2,(H,16,17)/t10-,11+/m0/s1. The molecule has 1 aliphatic rings. The Hall–Kier alpha value is -1.46. The van der Waals surface area contributed by atoms with E-state index < -0.39 is 18.0 Å². The number of aliphatic hydroxyl groups is 1. The number of carboxylic acid groups (broad SMARTS) is 1. The third-order valence-electron chi connectivity index (χ3n) is 3.11. The highest BCUT2D eigenvalue weighted by molar-refractivity contribution is 5.70. The second-order valence-corrected chi connectivity index (χ2v) is 4.40. The molecule has 2 N–H and O–H groups in total. The Labute approximate surface area is 99.7 Å². The third kappa shape index (κ3) is 3.01. The van der Waals surface area contributed by atoms with Crippen molar-refractivity contribution >= 4 is 5.97 Å². The first kappa shape index (κ1) is 12.0. The number of aliphatic carboxylic acids is 1. The molecule has 1 fully saturated rings. The normalized spacial score (nSPS) is 25.7. The van der Waals surface area contributed by atoms with Crippen molar-refractivity contribution < 1.29 is 15.0 Å². The van der Waals surface area contributed by atoms with E-state index in [9.17, 15) is 9.90 Å². The number of pyridine rings is 1. The van der Waals surface area contributed by atoms with Gasteiger partial charge in [0.15, 0.2) is 0 Å². The largest absolute Gasteiger partial charge is 0.481 e. The van der Waals surface area contributed by atoms with Gasteiger partial charge < -0.3 is 10.2 Å². The molecular formula is C12H16N2O3.